The standard InChI is InChI=1S/C15H15N3S/c1-12-7-9-13(10-8-12)11-16-18-15(19)17-14-5-3-2-4-6-14/h2-11H,1H3,(H2,17,18,19)/b16-11+. The van der Waals surface area contributed by atoms with Crippen LogP contribution in [0.25, 0.3) is 0 Å². The molecule has 2 N–H and O–H groups in total. The molecule has 0 aliphatic carbocycles. The number of benzene rings is 2. The molecule has 0 aliphatic rings. The Morgan fingerprint density at radius 1 is 1.05 bits per heavy atom. The summed E-state index contributed by atoms with van der Waals surface area (Å²) in [6.45, 7) is 2.05. The predicted octanol–water partition coefficient (Wildman–Crippen LogP) is 3.32. The summed E-state index contributed by atoms with van der Waals surface area (Å²) >= 11 is 5.14. The van der Waals surface area contributed by atoms with E-state index in [2.05, 4.69) is 22.8 Å². The third-order valence-corrected chi connectivity index (χ3v) is 2.68. The van der Waals surface area contributed by atoms with Crippen molar-refractivity contribution in [1.29, 1.82) is 0 Å². The lowest BCUT2D eigenvalue weighted by molar-refractivity contribution is 1.05. The van der Waals surface area contributed by atoms with Gasteiger partial charge in [-0.2, -0.15) is 5.10 Å². The van der Waals surface area contributed by atoms with E-state index in [1.165, 1.54) is 5.56 Å². The van der Waals surface area contributed by atoms with Crippen LogP contribution in [0.4, 0.5) is 5.69 Å². The van der Waals surface area contributed by atoms with E-state index >= 15 is 0 Å². The predicted molar refractivity (Wildman–Crippen MR) is 84.6 cm³/mol. The van der Waals surface area contributed by atoms with Crippen LogP contribution in [0, 0.1) is 6.92 Å². The van der Waals surface area contributed by atoms with Crippen molar-refractivity contribution in [3.8, 4) is 0 Å². The van der Waals surface area contributed by atoms with Crippen molar-refractivity contribution in [3.05, 3.63) is 65.7 Å². The molecule has 2 aromatic carbocycles. The lowest BCUT2D eigenvalue weighted by Crippen LogP contribution is -2.23. The van der Waals surface area contributed by atoms with Crippen molar-refractivity contribution in [3.63, 3.8) is 0 Å². The van der Waals surface area contributed by atoms with E-state index < -0.39 is 0 Å². The summed E-state index contributed by atoms with van der Waals surface area (Å²) in [6.07, 6.45) is 1.73. The summed E-state index contributed by atoms with van der Waals surface area (Å²) < 4.78 is 0. The molecule has 4 heteroatoms. The summed E-state index contributed by atoms with van der Waals surface area (Å²) in [4.78, 5) is 0. The number of hydrazone groups is 1. The number of anilines is 1. The maximum atomic E-state index is 5.14. The van der Waals surface area contributed by atoms with Gasteiger partial charge in [0.2, 0.25) is 0 Å². The second kappa shape index (κ2) is 6.66. The van der Waals surface area contributed by atoms with Crippen molar-refractivity contribution in [2.75, 3.05) is 5.32 Å². The molecule has 0 fully saturated rings. The Morgan fingerprint density at radius 2 is 1.74 bits per heavy atom. The maximum absolute atomic E-state index is 5.14. The van der Waals surface area contributed by atoms with Crippen molar-refractivity contribution in [2.24, 2.45) is 5.10 Å². The fourth-order valence-corrected chi connectivity index (χ4v) is 1.67. The number of aryl methyl sites for hydroxylation is 1. The van der Waals surface area contributed by atoms with Gasteiger partial charge in [-0.25, -0.2) is 0 Å². The third kappa shape index (κ3) is 4.52. The van der Waals surface area contributed by atoms with Gasteiger partial charge in [0.25, 0.3) is 0 Å². The Morgan fingerprint density at radius 3 is 2.42 bits per heavy atom. The molecule has 0 aromatic heterocycles. The van der Waals surface area contributed by atoms with Gasteiger partial charge in [-0.3, -0.25) is 5.43 Å². The van der Waals surface area contributed by atoms with Crippen LogP contribution in [-0.4, -0.2) is 11.3 Å². The number of nitrogens with one attached hydrogen (secondary N) is 2. The van der Waals surface area contributed by atoms with Gasteiger partial charge in [0.05, 0.1) is 6.21 Å². The molecular weight excluding hydrogens is 254 g/mol. The van der Waals surface area contributed by atoms with Crippen LogP contribution in [0.2, 0.25) is 0 Å². The number of nitrogens with zero attached hydrogens (tertiary/aromatic N) is 1. The van der Waals surface area contributed by atoms with Crippen molar-refractivity contribution in [1.82, 2.24) is 5.43 Å². The molecule has 0 spiro atoms. The molecule has 0 saturated carbocycles. The van der Waals surface area contributed by atoms with Gasteiger partial charge in [0.15, 0.2) is 5.11 Å². The highest BCUT2D eigenvalue weighted by Crippen LogP contribution is 2.04. The van der Waals surface area contributed by atoms with Crippen LogP contribution in [0.1, 0.15) is 11.1 Å². The SMILES string of the molecule is Cc1ccc(/C=N/NC(=S)Nc2ccccc2)cc1. The number of hydrogen-bond donors (Lipinski definition) is 2. The Bertz CT molecular complexity index is 562. The van der Waals surface area contributed by atoms with Gasteiger partial charge in [-0.15, -0.1) is 0 Å². The lowest BCUT2D eigenvalue weighted by atomic mass is 10.2. The zero-order valence-corrected chi connectivity index (χ0v) is 11.4. The van der Waals surface area contributed by atoms with Gasteiger partial charge in [0, 0.05) is 5.69 Å². The van der Waals surface area contributed by atoms with Crippen LogP contribution in [0.15, 0.2) is 59.7 Å². The van der Waals surface area contributed by atoms with E-state index in [0.29, 0.717) is 5.11 Å². The topological polar surface area (TPSA) is 36.4 Å². The zero-order chi connectivity index (χ0) is 13.5. The molecule has 0 radical (unpaired) electrons. The summed E-state index contributed by atoms with van der Waals surface area (Å²) in [5.74, 6) is 0. The first-order valence-electron chi connectivity index (χ1n) is 5.96. The maximum Gasteiger partial charge on any atom is 0.191 e. The molecule has 0 amide bonds. The molecule has 0 unspecified atom stereocenters. The first kappa shape index (κ1) is 13.2. The van der Waals surface area contributed by atoms with E-state index in [1.807, 2.05) is 54.6 Å². The minimum absolute atomic E-state index is 0.467. The second-order valence-corrected chi connectivity index (χ2v) is 4.51. The van der Waals surface area contributed by atoms with Gasteiger partial charge >= 0.3 is 0 Å². The molecule has 0 atom stereocenters. The molecule has 2 rings (SSSR count). The van der Waals surface area contributed by atoms with Crippen LogP contribution in [0.3, 0.4) is 0 Å². The van der Waals surface area contributed by atoms with E-state index in [-0.39, 0.29) is 0 Å². The highest BCUT2D eigenvalue weighted by atomic mass is 32.1. The number of thiocarbonyl (C=S) groups is 1. The molecule has 2 aromatic rings. The van der Waals surface area contributed by atoms with Gasteiger partial charge in [-0.05, 0) is 36.8 Å². The fraction of sp³-hybridized carbons (Fsp3) is 0.0667. The first-order chi connectivity index (χ1) is 9.24. The van der Waals surface area contributed by atoms with Gasteiger partial charge < -0.3 is 5.32 Å². The van der Waals surface area contributed by atoms with E-state index in [9.17, 15) is 0 Å². The van der Waals surface area contributed by atoms with E-state index in [0.717, 1.165) is 11.3 Å². The molecule has 0 bridgehead atoms. The zero-order valence-electron chi connectivity index (χ0n) is 10.6. The largest absolute Gasteiger partial charge is 0.331 e. The third-order valence-electron chi connectivity index (χ3n) is 2.49. The Kier molecular flexibility index (Phi) is 4.64. The molecular formula is C15H15N3S. The average Bonchev–Trinajstić information content (AvgIpc) is 2.42. The molecule has 19 heavy (non-hydrogen) atoms. The number of rotatable bonds is 3. The van der Waals surface area contributed by atoms with Gasteiger partial charge in [0.1, 0.15) is 0 Å². The number of para-hydroxylation sites is 1. The van der Waals surface area contributed by atoms with Gasteiger partial charge in [-0.1, -0.05) is 48.0 Å². The smallest absolute Gasteiger partial charge is 0.191 e. The van der Waals surface area contributed by atoms with Crippen LogP contribution in [-0.2, 0) is 0 Å². The summed E-state index contributed by atoms with van der Waals surface area (Å²) in [5.41, 5.74) is 5.98. The van der Waals surface area contributed by atoms with Crippen LogP contribution < -0.4 is 10.7 Å². The Balaban J connectivity index is 1.85. The highest BCUT2D eigenvalue weighted by Gasteiger charge is 1.94. The Hall–Kier alpha value is -2.20. The molecule has 3 nitrogen and oxygen atoms in total. The Labute approximate surface area is 118 Å². The lowest BCUT2D eigenvalue weighted by Gasteiger charge is -2.06. The fourth-order valence-electron chi connectivity index (χ4n) is 1.50. The summed E-state index contributed by atoms with van der Waals surface area (Å²) in [7, 11) is 0. The first-order valence-corrected chi connectivity index (χ1v) is 6.36. The van der Waals surface area contributed by atoms with Crippen molar-refractivity contribution < 1.29 is 0 Å². The molecule has 96 valence electrons. The molecule has 0 heterocycles. The quantitative estimate of drug-likeness (QED) is 0.510. The summed E-state index contributed by atoms with van der Waals surface area (Å²) in [6, 6.07) is 17.8. The highest BCUT2D eigenvalue weighted by molar-refractivity contribution is 7.80. The monoisotopic (exact) mass is 269 g/mol. The molecule has 0 saturated heterocycles. The van der Waals surface area contributed by atoms with Crippen LogP contribution in [0.5, 0.6) is 0 Å². The minimum Gasteiger partial charge on any atom is -0.331 e. The van der Waals surface area contributed by atoms with E-state index in [4.69, 9.17) is 12.2 Å². The summed E-state index contributed by atoms with van der Waals surface area (Å²) in [5, 5.41) is 7.60. The second-order valence-electron chi connectivity index (χ2n) is 4.10. The van der Waals surface area contributed by atoms with Crippen LogP contribution >= 0.6 is 12.2 Å². The number of hydrogen-bond acceptors (Lipinski definition) is 2. The van der Waals surface area contributed by atoms with Crippen molar-refractivity contribution >= 4 is 29.2 Å². The normalized spacial score (nSPS) is 10.4. The average molecular weight is 269 g/mol. The van der Waals surface area contributed by atoms with Crippen molar-refractivity contribution in [2.45, 2.75) is 6.92 Å². The van der Waals surface area contributed by atoms with E-state index in [1.54, 1.807) is 6.21 Å². The molecule has 0 aliphatic heterocycles. The minimum atomic E-state index is 0.467.